The van der Waals surface area contributed by atoms with Crippen LogP contribution < -0.4 is 5.32 Å². The average Bonchev–Trinajstić information content (AvgIpc) is 2.78. The van der Waals surface area contributed by atoms with Gasteiger partial charge in [-0.25, -0.2) is 4.98 Å². The third-order valence-corrected chi connectivity index (χ3v) is 4.41. The number of rotatable bonds is 4. The summed E-state index contributed by atoms with van der Waals surface area (Å²) in [4.78, 5) is 17.6. The lowest BCUT2D eigenvalue weighted by Gasteiger charge is -2.13. The predicted octanol–water partition coefficient (Wildman–Crippen LogP) is 3.05. The molecule has 0 saturated heterocycles. The molecule has 1 atom stereocenters. The quantitative estimate of drug-likeness (QED) is 0.943. The Balaban J connectivity index is 1.98. The zero-order chi connectivity index (χ0) is 15.4. The first-order valence-corrected chi connectivity index (χ1v) is 7.53. The van der Waals surface area contributed by atoms with Gasteiger partial charge in [0.15, 0.2) is 0 Å². The van der Waals surface area contributed by atoms with Crippen LogP contribution >= 0.6 is 11.3 Å². The Morgan fingerprint density at radius 2 is 2.05 bits per heavy atom. The van der Waals surface area contributed by atoms with Crippen molar-refractivity contribution in [1.29, 1.82) is 5.26 Å². The van der Waals surface area contributed by atoms with E-state index in [1.807, 2.05) is 32.9 Å². The third kappa shape index (κ3) is 3.89. The van der Waals surface area contributed by atoms with Gasteiger partial charge in [0.2, 0.25) is 5.91 Å². The highest BCUT2D eigenvalue weighted by Crippen LogP contribution is 2.24. The van der Waals surface area contributed by atoms with Crippen molar-refractivity contribution in [2.45, 2.75) is 33.2 Å². The second kappa shape index (κ2) is 6.51. The summed E-state index contributed by atoms with van der Waals surface area (Å²) in [5, 5.41) is 12.8. The van der Waals surface area contributed by atoms with Crippen molar-refractivity contribution in [2.75, 3.05) is 0 Å². The topological polar surface area (TPSA) is 65.8 Å². The molecule has 0 saturated carbocycles. The van der Waals surface area contributed by atoms with E-state index in [0.29, 0.717) is 12.0 Å². The molecule has 0 aliphatic carbocycles. The second-order valence-corrected chi connectivity index (χ2v) is 6.19. The van der Waals surface area contributed by atoms with E-state index in [0.717, 1.165) is 21.1 Å². The third-order valence-electron chi connectivity index (χ3n) is 3.16. The number of nitrogens with zero attached hydrogens (tertiary/aromatic N) is 2. The minimum absolute atomic E-state index is 0.0299. The molecule has 1 N–H and O–H groups in total. The Bertz CT molecular complexity index is 683. The summed E-state index contributed by atoms with van der Waals surface area (Å²) in [5.74, 6) is -0.0299. The van der Waals surface area contributed by atoms with Crippen molar-refractivity contribution in [3.05, 3.63) is 51.0 Å². The summed E-state index contributed by atoms with van der Waals surface area (Å²) in [6.45, 7) is 5.89. The molecule has 2 rings (SSSR count). The predicted molar refractivity (Wildman–Crippen MR) is 83.0 cm³/mol. The molecule has 21 heavy (non-hydrogen) atoms. The van der Waals surface area contributed by atoms with Crippen LogP contribution in [0.25, 0.3) is 0 Å². The van der Waals surface area contributed by atoms with Gasteiger partial charge < -0.3 is 5.32 Å². The molecule has 0 spiro atoms. The number of hydrogen-bond acceptors (Lipinski definition) is 4. The van der Waals surface area contributed by atoms with Gasteiger partial charge in [0, 0.05) is 4.88 Å². The summed E-state index contributed by atoms with van der Waals surface area (Å²) in [5.41, 5.74) is 2.47. The maximum absolute atomic E-state index is 12.1. The number of carbonyl (C=O) groups is 1. The van der Waals surface area contributed by atoms with Gasteiger partial charge >= 0.3 is 0 Å². The van der Waals surface area contributed by atoms with Gasteiger partial charge in [-0.05, 0) is 38.5 Å². The number of carbonyl (C=O) groups excluding carboxylic acids is 1. The van der Waals surface area contributed by atoms with Crippen LogP contribution in [0.1, 0.15) is 39.7 Å². The van der Waals surface area contributed by atoms with Crippen molar-refractivity contribution in [1.82, 2.24) is 10.3 Å². The van der Waals surface area contributed by atoms with Crippen molar-refractivity contribution >= 4 is 17.2 Å². The van der Waals surface area contributed by atoms with Gasteiger partial charge in [0.1, 0.15) is 0 Å². The number of thiazole rings is 1. The van der Waals surface area contributed by atoms with Crippen LogP contribution in [0.3, 0.4) is 0 Å². The molecule has 0 radical (unpaired) electrons. The highest BCUT2D eigenvalue weighted by Gasteiger charge is 2.15. The molecule has 4 nitrogen and oxygen atoms in total. The maximum atomic E-state index is 12.1. The smallest absolute Gasteiger partial charge is 0.224 e. The Kier molecular flexibility index (Phi) is 4.71. The Morgan fingerprint density at radius 3 is 2.57 bits per heavy atom. The highest BCUT2D eigenvalue weighted by atomic mass is 32.1. The van der Waals surface area contributed by atoms with Crippen LogP contribution in [-0.2, 0) is 11.2 Å². The van der Waals surface area contributed by atoms with Crippen molar-refractivity contribution in [2.24, 2.45) is 0 Å². The van der Waals surface area contributed by atoms with Gasteiger partial charge in [-0.2, -0.15) is 5.26 Å². The van der Waals surface area contributed by atoms with E-state index in [-0.39, 0.29) is 11.9 Å². The van der Waals surface area contributed by atoms with Gasteiger partial charge in [-0.1, -0.05) is 12.1 Å². The lowest BCUT2D eigenvalue weighted by molar-refractivity contribution is -0.121. The summed E-state index contributed by atoms with van der Waals surface area (Å²) >= 11 is 1.61. The fourth-order valence-electron chi connectivity index (χ4n) is 2.19. The van der Waals surface area contributed by atoms with E-state index >= 15 is 0 Å². The summed E-state index contributed by atoms with van der Waals surface area (Å²) in [7, 11) is 0. The fraction of sp³-hybridized carbons (Fsp3) is 0.312. The number of aryl methyl sites for hydroxylation is 2. The molecule has 1 unspecified atom stereocenters. The molecule has 0 bridgehead atoms. The van der Waals surface area contributed by atoms with Crippen LogP contribution in [0.5, 0.6) is 0 Å². The molecule has 0 fully saturated rings. The fourth-order valence-corrected chi connectivity index (χ4v) is 3.12. The molecule has 0 aliphatic heterocycles. The lowest BCUT2D eigenvalue weighted by Crippen LogP contribution is -2.28. The number of nitriles is 1. The highest BCUT2D eigenvalue weighted by molar-refractivity contribution is 7.11. The number of amides is 1. The van der Waals surface area contributed by atoms with Gasteiger partial charge in [0.25, 0.3) is 0 Å². The van der Waals surface area contributed by atoms with E-state index in [4.69, 9.17) is 5.26 Å². The van der Waals surface area contributed by atoms with E-state index in [2.05, 4.69) is 16.4 Å². The summed E-state index contributed by atoms with van der Waals surface area (Å²) in [6.07, 6.45) is 0.312. The number of aromatic nitrogens is 1. The lowest BCUT2D eigenvalue weighted by atomic mass is 10.1. The Labute approximate surface area is 128 Å². The zero-order valence-corrected chi connectivity index (χ0v) is 13.1. The SMILES string of the molecule is Cc1nc(C)c(C(C)NC(=O)Cc2ccc(C#N)cc2)s1. The van der Waals surface area contributed by atoms with Crippen LogP contribution in [0, 0.1) is 25.2 Å². The molecule has 2 aromatic rings. The Hall–Kier alpha value is -2.19. The molecule has 5 heteroatoms. The minimum Gasteiger partial charge on any atom is -0.348 e. The van der Waals surface area contributed by atoms with Crippen molar-refractivity contribution < 1.29 is 4.79 Å². The van der Waals surface area contributed by atoms with E-state index in [1.54, 1.807) is 23.5 Å². The molecule has 1 aromatic heterocycles. The molecule has 108 valence electrons. The van der Waals surface area contributed by atoms with Crippen molar-refractivity contribution in [3.8, 4) is 6.07 Å². The summed E-state index contributed by atoms with van der Waals surface area (Å²) < 4.78 is 0. The van der Waals surface area contributed by atoms with Gasteiger partial charge in [-0.3, -0.25) is 4.79 Å². The van der Waals surface area contributed by atoms with Crippen LogP contribution in [0.4, 0.5) is 0 Å². The van der Waals surface area contributed by atoms with Crippen LogP contribution in [0.15, 0.2) is 24.3 Å². The van der Waals surface area contributed by atoms with Gasteiger partial charge in [-0.15, -0.1) is 11.3 Å². The zero-order valence-electron chi connectivity index (χ0n) is 12.3. The molecule has 1 heterocycles. The summed E-state index contributed by atoms with van der Waals surface area (Å²) in [6, 6.07) is 9.09. The Morgan fingerprint density at radius 1 is 1.38 bits per heavy atom. The first kappa shape index (κ1) is 15.2. The molecular weight excluding hydrogens is 282 g/mol. The molecular formula is C16H17N3OS. The largest absolute Gasteiger partial charge is 0.348 e. The first-order valence-electron chi connectivity index (χ1n) is 6.72. The molecule has 1 amide bonds. The van der Waals surface area contributed by atoms with Crippen LogP contribution in [0.2, 0.25) is 0 Å². The average molecular weight is 299 g/mol. The number of benzene rings is 1. The minimum atomic E-state index is -0.0397. The molecule has 1 aromatic carbocycles. The maximum Gasteiger partial charge on any atom is 0.224 e. The monoisotopic (exact) mass is 299 g/mol. The standard InChI is InChI=1S/C16H17N3OS/c1-10-16(21-12(3)18-10)11(2)19-15(20)8-13-4-6-14(9-17)7-5-13/h4-7,11H,8H2,1-3H3,(H,19,20). The second-order valence-electron chi connectivity index (χ2n) is 4.96. The van der Waals surface area contributed by atoms with E-state index in [1.165, 1.54) is 0 Å². The normalized spacial score (nSPS) is 11.7. The van der Waals surface area contributed by atoms with E-state index in [9.17, 15) is 4.79 Å². The first-order chi connectivity index (χ1) is 9.99. The van der Waals surface area contributed by atoms with Gasteiger partial charge in [0.05, 0.1) is 34.8 Å². The number of nitrogens with one attached hydrogen (secondary N) is 1. The van der Waals surface area contributed by atoms with E-state index < -0.39 is 0 Å². The van der Waals surface area contributed by atoms with Crippen molar-refractivity contribution in [3.63, 3.8) is 0 Å². The molecule has 0 aliphatic rings. The van der Waals surface area contributed by atoms with Crippen LogP contribution in [-0.4, -0.2) is 10.9 Å². The number of hydrogen-bond donors (Lipinski definition) is 1.